The number of anilines is 1. The maximum absolute atomic E-state index is 12.6. The third kappa shape index (κ3) is 7.74. The molecule has 0 aliphatic carbocycles. The van der Waals surface area contributed by atoms with Gasteiger partial charge in [-0.2, -0.15) is 13.2 Å². The van der Waals surface area contributed by atoms with Crippen LogP contribution in [0.1, 0.15) is 26.7 Å². The van der Waals surface area contributed by atoms with Gasteiger partial charge in [0.05, 0.1) is 19.2 Å². The molecule has 0 spiro atoms. The number of carbonyl (C=O) groups is 3. The van der Waals surface area contributed by atoms with Gasteiger partial charge in [0.25, 0.3) is 5.91 Å². The number of ether oxygens (including phenoxy) is 2. The number of alkyl halides is 3. The maximum atomic E-state index is 12.6. The fourth-order valence-electron chi connectivity index (χ4n) is 2.10. The summed E-state index contributed by atoms with van der Waals surface area (Å²) in [5, 5.41) is 4.81. The largest absolute Gasteiger partial charge is 0.497 e. The van der Waals surface area contributed by atoms with Crippen molar-refractivity contribution in [2.24, 2.45) is 5.73 Å². The average molecular weight is 431 g/mol. The number of nitrogens with one attached hydrogen (secondary N) is 2. The fraction of sp³-hybridized carbons (Fsp3) is 0.421. The van der Waals surface area contributed by atoms with Crippen LogP contribution in [0.4, 0.5) is 18.9 Å². The van der Waals surface area contributed by atoms with Crippen LogP contribution >= 0.6 is 0 Å². The van der Waals surface area contributed by atoms with E-state index in [4.69, 9.17) is 10.5 Å². The van der Waals surface area contributed by atoms with Gasteiger partial charge in [0.15, 0.2) is 5.76 Å². The van der Waals surface area contributed by atoms with E-state index in [2.05, 4.69) is 15.4 Å². The molecule has 0 aliphatic heterocycles. The van der Waals surface area contributed by atoms with E-state index >= 15 is 0 Å². The van der Waals surface area contributed by atoms with E-state index < -0.39 is 41.8 Å². The average Bonchev–Trinajstić information content (AvgIpc) is 2.71. The molecule has 2 amide bonds. The van der Waals surface area contributed by atoms with Gasteiger partial charge in [-0.25, -0.2) is 4.79 Å². The summed E-state index contributed by atoms with van der Waals surface area (Å²) in [6, 6.07) is 4.19. The van der Waals surface area contributed by atoms with Gasteiger partial charge < -0.3 is 25.8 Å². The number of benzene rings is 1. The molecule has 1 aromatic carbocycles. The topological polar surface area (TPSA) is 120 Å². The van der Waals surface area contributed by atoms with E-state index in [9.17, 15) is 27.6 Å². The minimum Gasteiger partial charge on any atom is -0.497 e. The van der Waals surface area contributed by atoms with Crippen LogP contribution in [0.25, 0.3) is 0 Å². The Morgan fingerprint density at radius 3 is 2.20 bits per heavy atom. The second kappa shape index (κ2) is 11.2. The first-order valence-corrected chi connectivity index (χ1v) is 9.03. The summed E-state index contributed by atoms with van der Waals surface area (Å²) in [5.41, 5.74) is 5.84. The third-order valence-corrected chi connectivity index (χ3v) is 3.90. The summed E-state index contributed by atoms with van der Waals surface area (Å²) < 4.78 is 47.1. The third-order valence-electron chi connectivity index (χ3n) is 3.90. The van der Waals surface area contributed by atoms with Crippen molar-refractivity contribution in [3.05, 3.63) is 36.1 Å². The first-order valence-electron chi connectivity index (χ1n) is 9.03. The second-order valence-corrected chi connectivity index (χ2v) is 6.14. The molecule has 30 heavy (non-hydrogen) atoms. The molecule has 11 heteroatoms. The van der Waals surface area contributed by atoms with Crippen molar-refractivity contribution in [2.75, 3.05) is 12.4 Å². The van der Waals surface area contributed by atoms with Gasteiger partial charge in [0, 0.05) is 5.69 Å². The zero-order valence-electron chi connectivity index (χ0n) is 16.7. The van der Waals surface area contributed by atoms with Crippen LogP contribution in [0, 0.1) is 0 Å². The van der Waals surface area contributed by atoms with Crippen LogP contribution in [-0.2, 0) is 19.1 Å². The Hall–Kier alpha value is -3.08. The summed E-state index contributed by atoms with van der Waals surface area (Å²) in [5.74, 6) is -4.65. The van der Waals surface area contributed by atoms with Crippen LogP contribution < -0.4 is 21.1 Å². The molecule has 0 aromatic heterocycles. The van der Waals surface area contributed by atoms with Crippen molar-refractivity contribution in [3.8, 4) is 5.75 Å². The lowest BCUT2D eigenvalue weighted by Crippen LogP contribution is -2.44. The van der Waals surface area contributed by atoms with Crippen molar-refractivity contribution in [2.45, 2.75) is 44.9 Å². The molecule has 0 bridgehead atoms. The van der Waals surface area contributed by atoms with Crippen molar-refractivity contribution in [1.82, 2.24) is 5.32 Å². The molecular formula is C19H24F3N3O5. The minimum atomic E-state index is -5.31. The molecule has 0 heterocycles. The standard InChI is InChI=1S/C19H24F3N3O5/c1-4-11(24-16(26)14(23)5-2)10-15(30-18(28)19(20,21)22)17(27)25-12-6-8-13(29-3)9-7-12/h6-11,14H,4-5,23H2,1-3H3,(H,24,26)(H,25,27)/b15-10+/t11-,14-/m0/s1. The number of hydrogen-bond acceptors (Lipinski definition) is 6. The smallest absolute Gasteiger partial charge is 0.491 e. The molecule has 0 saturated carbocycles. The van der Waals surface area contributed by atoms with Gasteiger partial charge in [0.1, 0.15) is 5.75 Å². The quantitative estimate of drug-likeness (QED) is 0.313. The van der Waals surface area contributed by atoms with E-state index in [0.29, 0.717) is 12.2 Å². The van der Waals surface area contributed by atoms with Crippen molar-refractivity contribution < 1.29 is 37.0 Å². The number of esters is 1. The van der Waals surface area contributed by atoms with Gasteiger partial charge in [-0.3, -0.25) is 9.59 Å². The zero-order chi connectivity index (χ0) is 22.9. The van der Waals surface area contributed by atoms with Gasteiger partial charge >= 0.3 is 12.1 Å². The van der Waals surface area contributed by atoms with E-state index in [1.54, 1.807) is 13.8 Å². The SMILES string of the molecule is CC[C@@H](/C=C(/OC(=O)C(F)(F)F)C(=O)Nc1ccc(OC)cc1)NC(=O)[C@@H](N)CC. The summed E-state index contributed by atoms with van der Waals surface area (Å²) in [6.45, 7) is 3.30. The normalized spacial score (nSPS) is 13.8. The van der Waals surface area contributed by atoms with E-state index in [1.165, 1.54) is 31.4 Å². The Kier molecular flexibility index (Phi) is 9.31. The Balaban J connectivity index is 3.11. The number of carbonyl (C=O) groups excluding carboxylic acids is 3. The molecular weight excluding hydrogens is 407 g/mol. The molecule has 166 valence electrons. The van der Waals surface area contributed by atoms with Crippen LogP contribution in [0.15, 0.2) is 36.1 Å². The number of hydrogen-bond donors (Lipinski definition) is 3. The Labute approximate surface area is 171 Å². The second-order valence-electron chi connectivity index (χ2n) is 6.14. The molecule has 1 aromatic rings. The number of methoxy groups -OCH3 is 1. The maximum Gasteiger partial charge on any atom is 0.491 e. The Bertz CT molecular complexity index is 779. The molecule has 0 saturated heterocycles. The van der Waals surface area contributed by atoms with Crippen LogP contribution in [0.3, 0.4) is 0 Å². The molecule has 2 atom stereocenters. The number of nitrogens with two attached hydrogens (primary N) is 1. The first kappa shape index (κ1) is 25.0. The van der Waals surface area contributed by atoms with Gasteiger partial charge in [-0.15, -0.1) is 0 Å². The molecule has 0 unspecified atom stereocenters. The van der Waals surface area contributed by atoms with Crippen molar-refractivity contribution in [3.63, 3.8) is 0 Å². The molecule has 0 fully saturated rings. The molecule has 0 radical (unpaired) electrons. The fourth-order valence-corrected chi connectivity index (χ4v) is 2.10. The van der Waals surface area contributed by atoms with Crippen molar-refractivity contribution in [1.29, 1.82) is 0 Å². The zero-order valence-corrected chi connectivity index (χ0v) is 16.7. The molecule has 0 aliphatic rings. The number of rotatable bonds is 9. The van der Waals surface area contributed by atoms with E-state index in [1.807, 2.05) is 0 Å². The number of halogens is 3. The van der Waals surface area contributed by atoms with Gasteiger partial charge in [0.2, 0.25) is 5.91 Å². The predicted molar refractivity (Wildman–Crippen MR) is 102 cm³/mol. The van der Waals surface area contributed by atoms with Crippen LogP contribution in [0.5, 0.6) is 5.75 Å². The molecule has 8 nitrogen and oxygen atoms in total. The highest BCUT2D eigenvalue weighted by atomic mass is 19.4. The Morgan fingerprint density at radius 2 is 1.73 bits per heavy atom. The predicted octanol–water partition coefficient (Wildman–Crippen LogP) is 2.26. The highest BCUT2D eigenvalue weighted by Gasteiger charge is 2.42. The monoisotopic (exact) mass is 431 g/mol. The summed E-state index contributed by atoms with van der Waals surface area (Å²) in [7, 11) is 1.44. The lowest BCUT2D eigenvalue weighted by molar-refractivity contribution is -0.195. The summed E-state index contributed by atoms with van der Waals surface area (Å²) >= 11 is 0. The minimum absolute atomic E-state index is 0.199. The lowest BCUT2D eigenvalue weighted by atomic mass is 10.1. The van der Waals surface area contributed by atoms with Gasteiger partial charge in [-0.1, -0.05) is 13.8 Å². The molecule has 1 rings (SSSR count). The first-order chi connectivity index (χ1) is 14.0. The highest BCUT2D eigenvalue weighted by Crippen LogP contribution is 2.20. The van der Waals surface area contributed by atoms with E-state index in [-0.39, 0.29) is 12.1 Å². The Morgan fingerprint density at radius 1 is 1.13 bits per heavy atom. The highest BCUT2D eigenvalue weighted by molar-refractivity contribution is 6.04. The summed E-state index contributed by atoms with van der Waals surface area (Å²) in [6.07, 6.45) is -3.84. The van der Waals surface area contributed by atoms with Crippen molar-refractivity contribution >= 4 is 23.5 Å². The van der Waals surface area contributed by atoms with Gasteiger partial charge in [-0.05, 0) is 43.2 Å². The lowest BCUT2D eigenvalue weighted by Gasteiger charge is -2.18. The van der Waals surface area contributed by atoms with Crippen LogP contribution in [0.2, 0.25) is 0 Å². The summed E-state index contributed by atoms with van der Waals surface area (Å²) in [4.78, 5) is 35.7. The number of amides is 2. The molecule has 4 N–H and O–H groups in total. The van der Waals surface area contributed by atoms with E-state index in [0.717, 1.165) is 6.08 Å². The van der Waals surface area contributed by atoms with Crippen LogP contribution in [-0.4, -0.2) is 43.2 Å².